The van der Waals surface area contributed by atoms with E-state index < -0.39 is 0 Å². The van der Waals surface area contributed by atoms with Crippen LogP contribution in [0.5, 0.6) is 0 Å². The molecule has 4 rings (SSSR count). The average molecular weight is 400 g/mol. The van der Waals surface area contributed by atoms with Crippen molar-refractivity contribution in [3.63, 3.8) is 0 Å². The number of rotatable bonds is 5. The molecule has 9 nitrogen and oxygen atoms in total. The van der Waals surface area contributed by atoms with Crippen LogP contribution in [0.3, 0.4) is 0 Å². The Bertz CT molecular complexity index is 932. The predicted molar refractivity (Wildman–Crippen MR) is 109 cm³/mol. The van der Waals surface area contributed by atoms with Gasteiger partial charge in [0.2, 0.25) is 5.95 Å². The van der Waals surface area contributed by atoms with Crippen LogP contribution in [0.25, 0.3) is 11.3 Å². The first-order valence-corrected chi connectivity index (χ1v) is 9.61. The average Bonchev–Trinajstić information content (AvgIpc) is 3.11. The molecular weight excluding hydrogens is 378 g/mol. The Morgan fingerprint density at radius 3 is 2.68 bits per heavy atom. The fourth-order valence-corrected chi connectivity index (χ4v) is 3.35. The number of hydrogen-bond donors (Lipinski definition) is 3. The third kappa shape index (κ3) is 3.90. The molecule has 4 heterocycles. The van der Waals surface area contributed by atoms with Gasteiger partial charge in [-0.3, -0.25) is 5.10 Å². The fourth-order valence-electron chi connectivity index (χ4n) is 3.11. The number of halogens is 1. The summed E-state index contributed by atoms with van der Waals surface area (Å²) in [6.07, 6.45) is 5.14. The lowest BCUT2D eigenvalue weighted by Gasteiger charge is -2.28. The number of hydrogen-bond acceptors (Lipinski definition) is 8. The molecule has 0 radical (unpaired) electrons. The minimum absolute atomic E-state index is 0.241. The molecule has 10 heteroatoms. The van der Waals surface area contributed by atoms with Gasteiger partial charge in [0.25, 0.3) is 0 Å². The molecule has 0 aliphatic carbocycles. The lowest BCUT2D eigenvalue weighted by Crippen LogP contribution is -2.43. The summed E-state index contributed by atoms with van der Waals surface area (Å²) >= 11 is 6.27. The molecule has 0 saturated carbocycles. The van der Waals surface area contributed by atoms with Crippen molar-refractivity contribution in [1.82, 2.24) is 35.5 Å². The standard InChI is InChI=1S/C18H22ClN9/c1-11(2)16-15(17(19)27-26-16)12-3-4-21-18(24-12)25-13-9-23-14(10-22-13)28-7-5-20-6-8-28/h3-4,9-11,20H,5-8H2,1-2H3,(H,26,27)(H,21,22,24,25). The maximum absolute atomic E-state index is 6.27. The molecule has 146 valence electrons. The number of aromatic nitrogens is 6. The summed E-state index contributed by atoms with van der Waals surface area (Å²) in [6.45, 7) is 7.91. The van der Waals surface area contributed by atoms with E-state index in [1.807, 2.05) is 6.07 Å². The lowest BCUT2D eigenvalue weighted by molar-refractivity contribution is 0.584. The highest BCUT2D eigenvalue weighted by atomic mass is 35.5. The van der Waals surface area contributed by atoms with E-state index in [1.54, 1.807) is 18.6 Å². The number of nitrogens with one attached hydrogen (secondary N) is 3. The molecule has 1 aliphatic rings. The van der Waals surface area contributed by atoms with Gasteiger partial charge < -0.3 is 15.5 Å². The van der Waals surface area contributed by atoms with Crippen molar-refractivity contribution >= 4 is 29.2 Å². The van der Waals surface area contributed by atoms with Crippen LogP contribution in [-0.2, 0) is 0 Å². The molecule has 3 aromatic rings. The summed E-state index contributed by atoms with van der Waals surface area (Å²) in [4.78, 5) is 20.0. The van der Waals surface area contributed by atoms with E-state index in [9.17, 15) is 0 Å². The minimum atomic E-state index is 0.241. The van der Waals surface area contributed by atoms with Gasteiger partial charge in [0.05, 0.1) is 23.7 Å². The maximum Gasteiger partial charge on any atom is 0.228 e. The molecule has 3 N–H and O–H groups in total. The molecule has 1 saturated heterocycles. The van der Waals surface area contributed by atoms with Crippen molar-refractivity contribution in [2.45, 2.75) is 19.8 Å². The molecule has 3 aromatic heterocycles. The fraction of sp³-hybridized carbons (Fsp3) is 0.389. The zero-order chi connectivity index (χ0) is 19.5. The van der Waals surface area contributed by atoms with Crippen LogP contribution in [0.15, 0.2) is 24.7 Å². The summed E-state index contributed by atoms with van der Waals surface area (Å²) < 4.78 is 0. The van der Waals surface area contributed by atoms with Gasteiger partial charge in [-0.2, -0.15) is 5.10 Å². The Kier molecular flexibility index (Phi) is 5.36. The Labute approximate surface area is 168 Å². The van der Waals surface area contributed by atoms with Gasteiger partial charge in [0.1, 0.15) is 5.82 Å². The number of anilines is 3. The van der Waals surface area contributed by atoms with Crippen molar-refractivity contribution < 1.29 is 0 Å². The second-order valence-corrected chi connectivity index (χ2v) is 7.20. The van der Waals surface area contributed by atoms with E-state index in [4.69, 9.17) is 11.6 Å². The quantitative estimate of drug-likeness (QED) is 0.600. The van der Waals surface area contributed by atoms with E-state index in [-0.39, 0.29) is 5.92 Å². The van der Waals surface area contributed by atoms with Gasteiger partial charge in [-0.25, -0.2) is 19.9 Å². The van der Waals surface area contributed by atoms with Crippen LogP contribution in [-0.4, -0.2) is 56.3 Å². The van der Waals surface area contributed by atoms with Crippen LogP contribution in [0, 0.1) is 0 Å². The number of piperazine rings is 1. The summed E-state index contributed by atoms with van der Waals surface area (Å²) in [6, 6.07) is 1.81. The molecule has 0 spiro atoms. The summed E-state index contributed by atoms with van der Waals surface area (Å²) in [7, 11) is 0. The molecule has 1 aliphatic heterocycles. The second kappa shape index (κ2) is 8.07. The Morgan fingerprint density at radius 1 is 1.14 bits per heavy atom. The Morgan fingerprint density at radius 2 is 1.96 bits per heavy atom. The summed E-state index contributed by atoms with van der Waals surface area (Å²) in [5.41, 5.74) is 2.43. The SMILES string of the molecule is CC(C)c1[nH]nc(Cl)c1-c1ccnc(Nc2cnc(N3CCNCC3)cn2)n1. The molecule has 0 unspecified atom stereocenters. The number of H-pyrrole nitrogens is 1. The van der Waals surface area contributed by atoms with Crippen LogP contribution >= 0.6 is 11.6 Å². The predicted octanol–water partition coefficient (Wildman–Crippen LogP) is 2.59. The van der Waals surface area contributed by atoms with Crippen LogP contribution in [0.1, 0.15) is 25.5 Å². The molecule has 0 amide bonds. The van der Waals surface area contributed by atoms with Crippen molar-refractivity contribution in [2.24, 2.45) is 0 Å². The topological polar surface area (TPSA) is 108 Å². The smallest absolute Gasteiger partial charge is 0.228 e. The second-order valence-electron chi connectivity index (χ2n) is 6.85. The third-order valence-corrected chi connectivity index (χ3v) is 4.83. The van der Waals surface area contributed by atoms with Crippen molar-refractivity contribution in [3.8, 4) is 11.3 Å². The molecule has 1 fully saturated rings. The van der Waals surface area contributed by atoms with Crippen LogP contribution < -0.4 is 15.5 Å². The first-order valence-electron chi connectivity index (χ1n) is 9.23. The van der Waals surface area contributed by atoms with Gasteiger partial charge in [0.15, 0.2) is 11.0 Å². The van der Waals surface area contributed by atoms with Crippen molar-refractivity contribution in [3.05, 3.63) is 35.5 Å². The molecule has 28 heavy (non-hydrogen) atoms. The largest absolute Gasteiger partial charge is 0.353 e. The molecule has 0 aromatic carbocycles. The molecule has 0 bridgehead atoms. The normalized spacial score (nSPS) is 14.5. The monoisotopic (exact) mass is 399 g/mol. The van der Waals surface area contributed by atoms with Gasteiger partial charge >= 0.3 is 0 Å². The van der Waals surface area contributed by atoms with E-state index in [0.29, 0.717) is 22.6 Å². The minimum Gasteiger partial charge on any atom is -0.353 e. The first-order chi connectivity index (χ1) is 13.6. The number of aromatic amines is 1. The zero-order valence-corrected chi connectivity index (χ0v) is 16.5. The highest BCUT2D eigenvalue weighted by Crippen LogP contribution is 2.32. The van der Waals surface area contributed by atoms with Gasteiger partial charge in [-0.1, -0.05) is 25.4 Å². The number of nitrogens with zero attached hydrogens (tertiary/aromatic N) is 6. The zero-order valence-electron chi connectivity index (χ0n) is 15.8. The highest BCUT2D eigenvalue weighted by Gasteiger charge is 2.18. The first kappa shape index (κ1) is 18.6. The van der Waals surface area contributed by atoms with Gasteiger partial charge in [-0.05, 0) is 12.0 Å². The van der Waals surface area contributed by atoms with Crippen LogP contribution in [0.4, 0.5) is 17.6 Å². The molecule has 0 atom stereocenters. The summed E-state index contributed by atoms with van der Waals surface area (Å²) in [5, 5.41) is 13.9. The van der Waals surface area contributed by atoms with Gasteiger partial charge in [0, 0.05) is 38.1 Å². The van der Waals surface area contributed by atoms with E-state index in [1.165, 1.54) is 0 Å². The highest BCUT2D eigenvalue weighted by molar-refractivity contribution is 6.32. The summed E-state index contributed by atoms with van der Waals surface area (Å²) in [5.74, 6) is 2.12. The van der Waals surface area contributed by atoms with Crippen molar-refractivity contribution in [1.29, 1.82) is 0 Å². The van der Waals surface area contributed by atoms with Crippen LogP contribution in [0.2, 0.25) is 5.15 Å². The van der Waals surface area contributed by atoms with E-state index in [2.05, 4.69) is 59.5 Å². The van der Waals surface area contributed by atoms with Crippen molar-refractivity contribution in [2.75, 3.05) is 36.4 Å². The van der Waals surface area contributed by atoms with E-state index in [0.717, 1.165) is 43.3 Å². The lowest BCUT2D eigenvalue weighted by atomic mass is 10.0. The Hall–Kier alpha value is -2.78. The third-order valence-electron chi connectivity index (χ3n) is 4.56. The Balaban J connectivity index is 1.53. The van der Waals surface area contributed by atoms with Gasteiger partial charge in [-0.15, -0.1) is 0 Å². The maximum atomic E-state index is 6.27. The van der Waals surface area contributed by atoms with E-state index >= 15 is 0 Å². The molecular formula is C18H22ClN9.